The van der Waals surface area contributed by atoms with Gasteiger partial charge in [-0.2, -0.15) is 0 Å². The molecular weight excluding hydrogens is 591 g/mol. The van der Waals surface area contributed by atoms with Crippen molar-refractivity contribution in [2.24, 2.45) is 0 Å². The lowest BCUT2D eigenvalue weighted by Crippen LogP contribution is -2.42. The summed E-state index contributed by atoms with van der Waals surface area (Å²) in [5.41, 5.74) is 1.47. The standard InChI is InChI=1S/C35H39FN4O6/c1-23(24-4-6-25(36)7-5-24)38-34(41)39-26-8-10-27(11-9-26)46-29-12-15-37-28-22-30(32-33(31(28)29)45-21-20-44-32)43-19-3-16-40-17-13-35(2,42)14-18-40/h4-12,15,22-23,42H,3,13-14,16-21H2,1-2H3,(H2,38,39,41)/t23-/m1/s1. The molecule has 2 aliphatic heterocycles. The molecule has 0 bridgehead atoms. The van der Waals surface area contributed by atoms with E-state index in [2.05, 4.69) is 20.5 Å². The quantitative estimate of drug-likeness (QED) is 0.172. The summed E-state index contributed by atoms with van der Waals surface area (Å²) in [6.45, 7) is 7.70. The molecule has 0 spiro atoms. The first-order valence-corrected chi connectivity index (χ1v) is 15.6. The Labute approximate surface area is 267 Å². The summed E-state index contributed by atoms with van der Waals surface area (Å²) in [6, 6.07) is 16.0. The van der Waals surface area contributed by atoms with Crippen LogP contribution in [-0.2, 0) is 0 Å². The molecular formula is C35H39FN4O6. The minimum absolute atomic E-state index is 0.301. The average molecular weight is 631 g/mol. The van der Waals surface area contributed by atoms with Crippen LogP contribution in [0.3, 0.4) is 0 Å². The number of carbonyl (C=O) groups is 1. The van der Waals surface area contributed by atoms with Crippen molar-refractivity contribution in [2.75, 3.05) is 44.8 Å². The van der Waals surface area contributed by atoms with Crippen LogP contribution in [0.5, 0.6) is 28.7 Å². The molecule has 4 aromatic rings. The second-order valence-corrected chi connectivity index (χ2v) is 12.0. The normalized spacial score (nSPS) is 16.4. The van der Waals surface area contributed by atoms with Crippen molar-refractivity contribution in [3.8, 4) is 28.7 Å². The van der Waals surface area contributed by atoms with Crippen LogP contribution in [-0.4, -0.2) is 66.1 Å². The lowest BCUT2D eigenvalue weighted by atomic mass is 9.94. The molecule has 1 saturated heterocycles. The number of hydrogen-bond acceptors (Lipinski definition) is 8. The molecule has 3 N–H and O–H groups in total. The fraction of sp³-hybridized carbons (Fsp3) is 0.371. The fourth-order valence-corrected chi connectivity index (χ4v) is 5.63. The summed E-state index contributed by atoms with van der Waals surface area (Å²) < 4.78 is 37.8. The molecule has 0 unspecified atom stereocenters. The molecule has 1 fully saturated rings. The van der Waals surface area contributed by atoms with Gasteiger partial charge in [-0.1, -0.05) is 12.1 Å². The lowest BCUT2D eigenvalue weighted by molar-refractivity contribution is -0.00606. The molecule has 1 atom stereocenters. The van der Waals surface area contributed by atoms with Crippen LogP contribution < -0.4 is 29.6 Å². The number of urea groups is 1. The molecule has 0 radical (unpaired) electrons. The first-order chi connectivity index (χ1) is 22.2. The summed E-state index contributed by atoms with van der Waals surface area (Å²) in [5, 5.41) is 16.5. The average Bonchev–Trinajstić information content (AvgIpc) is 3.05. The number of piperidine rings is 1. The lowest BCUT2D eigenvalue weighted by Gasteiger charge is -2.35. The van der Waals surface area contributed by atoms with Gasteiger partial charge in [0.05, 0.1) is 29.2 Å². The Morgan fingerprint density at radius 1 is 1.04 bits per heavy atom. The highest BCUT2D eigenvalue weighted by Gasteiger charge is 2.27. The second kappa shape index (κ2) is 13.8. The number of nitrogens with zero attached hydrogens (tertiary/aromatic N) is 2. The number of aliphatic hydroxyl groups is 1. The summed E-state index contributed by atoms with van der Waals surface area (Å²) in [7, 11) is 0. The van der Waals surface area contributed by atoms with E-state index in [9.17, 15) is 14.3 Å². The van der Waals surface area contributed by atoms with Crippen LogP contribution in [0.25, 0.3) is 10.9 Å². The molecule has 1 aromatic heterocycles. The molecule has 2 amide bonds. The minimum Gasteiger partial charge on any atom is -0.489 e. The van der Waals surface area contributed by atoms with Crippen molar-refractivity contribution in [1.82, 2.24) is 15.2 Å². The molecule has 2 aliphatic rings. The number of aromatic nitrogens is 1. The topological polar surface area (TPSA) is 114 Å². The van der Waals surface area contributed by atoms with E-state index >= 15 is 0 Å². The zero-order valence-corrected chi connectivity index (χ0v) is 26.1. The summed E-state index contributed by atoms with van der Waals surface area (Å²) in [4.78, 5) is 19.5. The Balaban J connectivity index is 1.10. The maximum atomic E-state index is 13.2. The van der Waals surface area contributed by atoms with Crippen molar-refractivity contribution < 1.29 is 33.2 Å². The fourth-order valence-electron chi connectivity index (χ4n) is 5.63. The Morgan fingerprint density at radius 3 is 2.50 bits per heavy atom. The number of anilines is 1. The molecule has 10 nitrogen and oxygen atoms in total. The first-order valence-electron chi connectivity index (χ1n) is 15.6. The van der Waals surface area contributed by atoms with Gasteiger partial charge in [0.1, 0.15) is 30.5 Å². The number of nitrogens with one attached hydrogen (secondary N) is 2. The zero-order valence-electron chi connectivity index (χ0n) is 26.1. The molecule has 0 aliphatic carbocycles. The Morgan fingerprint density at radius 2 is 1.76 bits per heavy atom. The van der Waals surface area contributed by atoms with Crippen LogP contribution >= 0.6 is 0 Å². The van der Waals surface area contributed by atoms with E-state index in [0.717, 1.165) is 44.5 Å². The molecule has 0 saturated carbocycles. The number of benzene rings is 3. The number of likely N-dealkylation sites (tertiary alicyclic amines) is 1. The third kappa shape index (κ3) is 7.60. The monoisotopic (exact) mass is 630 g/mol. The van der Waals surface area contributed by atoms with Crippen LogP contribution in [0, 0.1) is 5.82 Å². The number of halogens is 1. The number of amides is 2. The zero-order chi connectivity index (χ0) is 32.1. The van der Waals surface area contributed by atoms with Crippen molar-refractivity contribution in [1.29, 1.82) is 0 Å². The van der Waals surface area contributed by atoms with E-state index in [1.807, 2.05) is 19.9 Å². The smallest absolute Gasteiger partial charge is 0.319 e. The van der Waals surface area contributed by atoms with E-state index in [-0.39, 0.29) is 17.9 Å². The van der Waals surface area contributed by atoms with Gasteiger partial charge in [0.15, 0.2) is 11.5 Å². The van der Waals surface area contributed by atoms with E-state index in [1.54, 1.807) is 48.7 Å². The molecule has 6 rings (SSSR count). The number of rotatable bonds is 10. The van der Waals surface area contributed by atoms with E-state index in [1.165, 1.54) is 12.1 Å². The van der Waals surface area contributed by atoms with Crippen molar-refractivity contribution in [3.63, 3.8) is 0 Å². The van der Waals surface area contributed by atoms with Crippen molar-refractivity contribution >= 4 is 22.6 Å². The third-order valence-corrected chi connectivity index (χ3v) is 8.31. The molecule has 46 heavy (non-hydrogen) atoms. The second-order valence-electron chi connectivity index (χ2n) is 12.0. The highest BCUT2D eigenvalue weighted by Crippen LogP contribution is 2.48. The number of carbonyl (C=O) groups excluding carboxylic acids is 1. The van der Waals surface area contributed by atoms with E-state index < -0.39 is 5.60 Å². The molecule has 242 valence electrons. The van der Waals surface area contributed by atoms with Gasteiger partial charge in [-0.05, 0) is 81.1 Å². The number of pyridine rings is 1. The number of ether oxygens (including phenoxy) is 4. The summed E-state index contributed by atoms with van der Waals surface area (Å²) in [5.74, 6) is 2.43. The van der Waals surface area contributed by atoms with Crippen molar-refractivity contribution in [3.05, 3.63) is 78.2 Å². The van der Waals surface area contributed by atoms with E-state index in [0.29, 0.717) is 65.2 Å². The minimum atomic E-state index is -0.560. The molecule has 3 aromatic carbocycles. The van der Waals surface area contributed by atoms with Gasteiger partial charge in [-0.15, -0.1) is 0 Å². The van der Waals surface area contributed by atoms with Crippen LogP contribution in [0.4, 0.5) is 14.9 Å². The Bertz CT molecular complexity index is 1660. The third-order valence-electron chi connectivity index (χ3n) is 8.31. The Kier molecular flexibility index (Phi) is 9.41. The summed E-state index contributed by atoms with van der Waals surface area (Å²) in [6.07, 6.45) is 4.08. The molecule has 11 heteroatoms. The number of hydrogen-bond donors (Lipinski definition) is 3. The maximum absolute atomic E-state index is 13.2. The van der Waals surface area contributed by atoms with Crippen LogP contribution in [0.2, 0.25) is 0 Å². The largest absolute Gasteiger partial charge is 0.489 e. The van der Waals surface area contributed by atoms with Crippen molar-refractivity contribution in [2.45, 2.75) is 44.8 Å². The van der Waals surface area contributed by atoms with Crippen LogP contribution in [0.15, 0.2) is 66.9 Å². The van der Waals surface area contributed by atoms with Gasteiger partial charge in [0.2, 0.25) is 5.75 Å². The van der Waals surface area contributed by atoms with Gasteiger partial charge in [-0.25, -0.2) is 9.18 Å². The molecule has 3 heterocycles. The highest BCUT2D eigenvalue weighted by molar-refractivity contribution is 5.95. The van der Waals surface area contributed by atoms with E-state index in [4.69, 9.17) is 18.9 Å². The van der Waals surface area contributed by atoms with Crippen LogP contribution in [0.1, 0.15) is 44.7 Å². The van der Waals surface area contributed by atoms with Gasteiger partial charge in [0, 0.05) is 37.6 Å². The highest BCUT2D eigenvalue weighted by atomic mass is 19.1. The Hall–Kier alpha value is -4.61. The SMILES string of the molecule is C[C@@H](NC(=O)Nc1ccc(Oc2ccnc3cc(OCCCN4CCC(C)(O)CC4)c4c(c23)OCCO4)cc1)c1ccc(F)cc1. The maximum Gasteiger partial charge on any atom is 0.319 e. The van der Waals surface area contributed by atoms with Gasteiger partial charge >= 0.3 is 6.03 Å². The first kappa shape index (κ1) is 31.4. The number of fused-ring (bicyclic) bond motifs is 3. The van der Waals surface area contributed by atoms with Gasteiger partial charge in [0.25, 0.3) is 0 Å². The predicted molar refractivity (Wildman–Crippen MR) is 173 cm³/mol. The van der Waals surface area contributed by atoms with Gasteiger partial charge in [-0.3, -0.25) is 4.98 Å². The predicted octanol–water partition coefficient (Wildman–Crippen LogP) is 6.44. The summed E-state index contributed by atoms with van der Waals surface area (Å²) >= 11 is 0. The van der Waals surface area contributed by atoms with Gasteiger partial charge < -0.3 is 39.6 Å².